The number of hydrogen-bond donors (Lipinski definition) is 1. The molecule has 0 saturated carbocycles. The highest BCUT2D eigenvalue weighted by Crippen LogP contribution is 2.33. The summed E-state index contributed by atoms with van der Waals surface area (Å²) < 4.78 is 11.3. The second-order valence-corrected chi connectivity index (χ2v) is 6.10. The highest BCUT2D eigenvalue weighted by atomic mass is 32.1. The molecular formula is C18H14N2O3S. The molecule has 0 aliphatic carbocycles. The second kappa shape index (κ2) is 6.33. The number of anilines is 1. The van der Waals surface area contributed by atoms with Crippen LogP contribution in [0.25, 0.3) is 11.3 Å². The Balaban J connectivity index is 1.51. The lowest BCUT2D eigenvalue weighted by molar-refractivity contribution is -0.125. The minimum Gasteiger partial charge on any atom is -0.485 e. The molecule has 1 N–H and O–H groups in total. The number of nitrogens with one attached hydrogen (secondary N) is 1. The Bertz CT molecular complexity index is 863. The zero-order chi connectivity index (χ0) is 16.4. The van der Waals surface area contributed by atoms with E-state index in [-0.39, 0.29) is 12.5 Å². The van der Waals surface area contributed by atoms with Crippen molar-refractivity contribution in [1.82, 2.24) is 4.98 Å². The number of fused-ring (bicyclic) bond motifs is 1. The van der Waals surface area contributed by atoms with E-state index in [9.17, 15) is 4.79 Å². The summed E-state index contributed by atoms with van der Waals surface area (Å²) in [4.78, 5) is 16.9. The number of amides is 1. The molecular weight excluding hydrogens is 324 g/mol. The molecule has 5 nitrogen and oxygen atoms in total. The average molecular weight is 338 g/mol. The number of nitrogens with zero attached hydrogens (tertiary/aromatic N) is 1. The molecule has 0 saturated heterocycles. The highest BCUT2D eigenvalue weighted by molar-refractivity contribution is 7.14. The van der Waals surface area contributed by atoms with Crippen molar-refractivity contribution in [2.45, 2.75) is 6.10 Å². The summed E-state index contributed by atoms with van der Waals surface area (Å²) in [6, 6.07) is 17.1. The lowest BCUT2D eigenvalue weighted by Crippen LogP contribution is -2.40. The molecule has 1 aliphatic rings. The van der Waals surface area contributed by atoms with Crippen LogP contribution in [0.4, 0.5) is 5.00 Å². The van der Waals surface area contributed by atoms with Crippen LogP contribution in [0.3, 0.4) is 0 Å². The largest absolute Gasteiger partial charge is 0.485 e. The zero-order valence-corrected chi connectivity index (χ0v) is 13.5. The predicted octanol–water partition coefficient (Wildman–Crippen LogP) is 3.59. The highest BCUT2D eigenvalue weighted by Gasteiger charge is 2.28. The Morgan fingerprint density at radius 2 is 1.83 bits per heavy atom. The molecule has 0 bridgehead atoms. The molecule has 2 heterocycles. The van der Waals surface area contributed by atoms with E-state index in [1.54, 1.807) is 11.6 Å². The van der Waals surface area contributed by atoms with Gasteiger partial charge in [-0.25, -0.2) is 4.98 Å². The van der Waals surface area contributed by atoms with Crippen molar-refractivity contribution in [3.63, 3.8) is 0 Å². The summed E-state index contributed by atoms with van der Waals surface area (Å²) in [6.07, 6.45) is -0.689. The Morgan fingerprint density at radius 1 is 1.08 bits per heavy atom. The molecule has 24 heavy (non-hydrogen) atoms. The molecule has 0 fully saturated rings. The van der Waals surface area contributed by atoms with Gasteiger partial charge in [0.25, 0.3) is 5.91 Å². The average Bonchev–Trinajstić information content (AvgIpc) is 3.10. The molecule has 1 aliphatic heterocycles. The summed E-state index contributed by atoms with van der Waals surface area (Å²) in [7, 11) is 0. The fourth-order valence-corrected chi connectivity index (χ4v) is 3.18. The summed E-state index contributed by atoms with van der Waals surface area (Å²) in [6.45, 7) is 0.183. The van der Waals surface area contributed by atoms with Crippen molar-refractivity contribution in [2.24, 2.45) is 0 Å². The topological polar surface area (TPSA) is 60.5 Å². The van der Waals surface area contributed by atoms with Crippen LogP contribution in [0.1, 0.15) is 0 Å². The smallest absolute Gasteiger partial charge is 0.269 e. The van der Waals surface area contributed by atoms with Crippen LogP contribution in [0, 0.1) is 0 Å². The Labute approximate surface area is 142 Å². The molecule has 1 amide bonds. The molecule has 1 aromatic heterocycles. The number of ether oxygens (including phenoxy) is 2. The van der Waals surface area contributed by atoms with Crippen LogP contribution >= 0.6 is 11.3 Å². The molecule has 0 radical (unpaired) electrons. The van der Waals surface area contributed by atoms with Crippen LogP contribution in [-0.4, -0.2) is 23.6 Å². The first-order valence-corrected chi connectivity index (χ1v) is 8.37. The molecule has 4 rings (SSSR count). The number of carbonyl (C=O) groups excluding carboxylic acids is 1. The standard InChI is InChI=1S/C18H14N2O3S/c21-17(15-10-22-13-8-4-5-9-14(13)23-15)20-18-16(19-11-24-18)12-6-2-1-3-7-12/h1-9,11,15H,10H2,(H,20,21)/t15-/m1/s1. The third kappa shape index (κ3) is 2.83. The molecule has 6 heteroatoms. The maximum absolute atomic E-state index is 12.5. The van der Waals surface area contributed by atoms with E-state index in [0.717, 1.165) is 11.3 Å². The van der Waals surface area contributed by atoms with Gasteiger partial charge in [0.05, 0.1) is 5.51 Å². The third-order valence-corrected chi connectivity index (χ3v) is 4.39. The number of carbonyl (C=O) groups is 1. The van der Waals surface area contributed by atoms with Gasteiger partial charge in [-0.2, -0.15) is 0 Å². The Hall–Kier alpha value is -2.86. The number of hydrogen-bond acceptors (Lipinski definition) is 5. The van der Waals surface area contributed by atoms with Crippen LogP contribution in [0.5, 0.6) is 11.5 Å². The Kier molecular flexibility index (Phi) is 3.88. The van der Waals surface area contributed by atoms with E-state index in [0.29, 0.717) is 16.5 Å². The zero-order valence-electron chi connectivity index (χ0n) is 12.6. The van der Waals surface area contributed by atoms with Crippen molar-refractivity contribution >= 4 is 22.2 Å². The monoisotopic (exact) mass is 338 g/mol. The predicted molar refractivity (Wildman–Crippen MR) is 92.5 cm³/mol. The van der Waals surface area contributed by atoms with Gasteiger partial charge in [-0.05, 0) is 12.1 Å². The number of para-hydroxylation sites is 2. The van der Waals surface area contributed by atoms with Crippen molar-refractivity contribution in [2.75, 3.05) is 11.9 Å². The first-order valence-electron chi connectivity index (χ1n) is 7.49. The van der Waals surface area contributed by atoms with Gasteiger partial charge in [-0.15, -0.1) is 11.3 Å². The van der Waals surface area contributed by atoms with E-state index in [1.165, 1.54) is 11.3 Å². The normalized spacial score (nSPS) is 15.8. The van der Waals surface area contributed by atoms with E-state index in [1.807, 2.05) is 48.5 Å². The van der Waals surface area contributed by atoms with E-state index in [2.05, 4.69) is 10.3 Å². The first-order chi connectivity index (χ1) is 11.8. The van der Waals surface area contributed by atoms with Crippen molar-refractivity contribution < 1.29 is 14.3 Å². The number of aromatic nitrogens is 1. The van der Waals surface area contributed by atoms with Crippen LogP contribution in [0.15, 0.2) is 60.1 Å². The van der Waals surface area contributed by atoms with Gasteiger partial charge in [0.1, 0.15) is 17.3 Å². The van der Waals surface area contributed by atoms with E-state index in [4.69, 9.17) is 9.47 Å². The van der Waals surface area contributed by atoms with Crippen molar-refractivity contribution in [3.8, 4) is 22.8 Å². The summed E-state index contributed by atoms with van der Waals surface area (Å²) in [5.74, 6) is 0.992. The number of benzene rings is 2. The van der Waals surface area contributed by atoms with Crippen LogP contribution in [0.2, 0.25) is 0 Å². The van der Waals surface area contributed by atoms with Crippen LogP contribution < -0.4 is 14.8 Å². The minimum absolute atomic E-state index is 0.183. The van der Waals surface area contributed by atoms with Gasteiger partial charge < -0.3 is 14.8 Å². The molecule has 120 valence electrons. The fourth-order valence-electron chi connectivity index (χ4n) is 2.48. The first kappa shape index (κ1) is 14.7. The SMILES string of the molecule is O=C(Nc1scnc1-c1ccccc1)[C@H]1COc2ccccc2O1. The van der Waals surface area contributed by atoms with E-state index < -0.39 is 6.10 Å². The summed E-state index contributed by atoms with van der Waals surface area (Å²) in [5, 5.41) is 3.60. The maximum Gasteiger partial charge on any atom is 0.269 e. The molecule has 0 unspecified atom stereocenters. The lowest BCUT2D eigenvalue weighted by atomic mass is 10.1. The van der Waals surface area contributed by atoms with E-state index >= 15 is 0 Å². The van der Waals surface area contributed by atoms with Gasteiger partial charge in [-0.1, -0.05) is 42.5 Å². The fraction of sp³-hybridized carbons (Fsp3) is 0.111. The maximum atomic E-state index is 12.5. The van der Waals surface area contributed by atoms with Gasteiger partial charge in [0.2, 0.25) is 6.10 Å². The number of thiazole rings is 1. The number of rotatable bonds is 3. The molecule has 3 aromatic rings. The minimum atomic E-state index is -0.689. The lowest BCUT2D eigenvalue weighted by Gasteiger charge is -2.25. The van der Waals surface area contributed by atoms with Crippen LogP contribution in [-0.2, 0) is 4.79 Å². The molecule has 0 spiro atoms. The molecule has 1 atom stereocenters. The van der Waals surface area contributed by atoms with Gasteiger partial charge in [-0.3, -0.25) is 4.79 Å². The van der Waals surface area contributed by atoms with Crippen molar-refractivity contribution in [3.05, 3.63) is 60.1 Å². The van der Waals surface area contributed by atoms with Gasteiger partial charge in [0, 0.05) is 5.56 Å². The van der Waals surface area contributed by atoms with Gasteiger partial charge >= 0.3 is 0 Å². The summed E-state index contributed by atoms with van der Waals surface area (Å²) in [5.41, 5.74) is 3.43. The summed E-state index contributed by atoms with van der Waals surface area (Å²) >= 11 is 1.38. The third-order valence-electron chi connectivity index (χ3n) is 3.65. The van der Waals surface area contributed by atoms with Gasteiger partial charge in [0.15, 0.2) is 11.5 Å². The Morgan fingerprint density at radius 3 is 2.67 bits per heavy atom. The quantitative estimate of drug-likeness (QED) is 0.793. The van der Waals surface area contributed by atoms with Crippen molar-refractivity contribution in [1.29, 1.82) is 0 Å². The molecule has 2 aromatic carbocycles. The second-order valence-electron chi connectivity index (χ2n) is 5.25.